The lowest BCUT2D eigenvalue weighted by atomic mass is 10.0. The third-order valence-electron chi connectivity index (χ3n) is 3.98. The zero-order valence-electron chi connectivity index (χ0n) is 14.2. The van der Waals surface area contributed by atoms with Gasteiger partial charge >= 0.3 is 7.60 Å². The van der Waals surface area contributed by atoms with Gasteiger partial charge in [0.2, 0.25) is 5.91 Å². The Bertz CT molecular complexity index is 332. The van der Waals surface area contributed by atoms with Gasteiger partial charge in [-0.3, -0.25) is 14.6 Å². The van der Waals surface area contributed by atoms with Crippen molar-refractivity contribution in [1.82, 2.24) is 5.48 Å². The van der Waals surface area contributed by atoms with E-state index in [1.165, 1.54) is 38.5 Å². The zero-order valence-corrected chi connectivity index (χ0v) is 15.1. The average molecular weight is 351 g/mol. The van der Waals surface area contributed by atoms with Gasteiger partial charge in [0.05, 0.1) is 0 Å². The van der Waals surface area contributed by atoms with Gasteiger partial charge in [-0.05, 0) is 12.8 Å². The van der Waals surface area contributed by atoms with Gasteiger partial charge in [0.15, 0.2) is 0 Å². The number of carbonyl (C=O) groups excluding carboxylic acids is 1. The topological polar surface area (TPSA) is 107 Å². The van der Waals surface area contributed by atoms with Crippen molar-refractivity contribution in [3.05, 3.63) is 0 Å². The first-order chi connectivity index (χ1) is 11.0. The van der Waals surface area contributed by atoms with Crippen LogP contribution in [0.1, 0.15) is 89.9 Å². The maximum atomic E-state index is 10.8. The van der Waals surface area contributed by atoms with E-state index in [-0.39, 0.29) is 12.1 Å². The summed E-state index contributed by atoms with van der Waals surface area (Å²) >= 11 is 0. The summed E-state index contributed by atoms with van der Waals surface area (Å²) in [5, 5.41) is 8.34. The van der Waals surface area contributed by atoms with Crippen LogP contribution in [0.3, 0.4) is 0 Å². The molecule has 0 aliphatic carbocycles. The van der Waals surface area contributed by atoms with E-state index in [4.69, 9.17) is 15.0 Å². The molecule has 7 heteroatoms. The van der Waals surface area contributed by atoms with Crippen molar-refractivity contribution in [2.24, 2.45) is 0 Å². The zero-order chi connectivity index (χ0) is 17.4. The van der Waals surface area contributed by atoms with Crippen molar-refractivity contribution in [2.75, 3.05) is 6.16 Å². The fourth-order valence-electron chi connectivity index (χ4n) is 2.60. The van der Waals surface area contributed by atoms with Crippen LogP contribution in [0, 0.1) is 0 Å². The normalized spacial score (nSPS) is 11.6. The molecule has 6 nitrogen and oxygen atoms in total. The number of hydrogen-bond donors (Lipinski definition) is 4. The third kappa shape index (κ3) is 19.5. The minimum atomic E-state index is -3.79. The number of amides is 1. The molecule has 0 aliphatic heterocycles. The Kier molecular flexibility index (Phi) is 14.9. The molecule has 0 aliphatic rings. The predicted octanol–water partition coefficient (Wildman–Crippen LogP) is 4.13. The fourth-order valence-corrected chi connectivity index (χ4v) is 3.24. The smallest absolute Gasteiger partial charge is 0.324 e. The predicted molar refractivity (Wildman–Crippen MR) is 91.5 cm³/mol. The molecule has 1 amide bonds. The summed E-state index contributed by atoms with van der Waals surface area (Å²) < 4.78 is 10.7. The molecule has 0 heterocycles. The van der Waals surface area contributed by atoms with Crippen LogP contribution in [-0.4, -0.2) is 27.1 Å². The summed E-state index contributed by atoms with van der Waals surface area (Å²) in [7, 11) is -3.79. The van der Waals surface area contributed by atoms with Crippen molar-refractivity contribution in [2.45, 2.75) is 89.9 Å². The molecule has 0 saturated carbocycles. The maximum Gasteiger partial charge on any atom is 0.325 e. The molecule has 0 aromatic rings. The highest BCUT2D eigenvalue weighted by molar-refractivity contribution is 7.51. The lowest BCUT2D eigenvalue weighted by Gasteiger charge is -2.04. The largest absolute Gasteiger partial charge is 0.325 e. The minimum absolute atomic E-state index is 0.0255. The van der Waals surface area contributed by atoms with Crippen molar-refractivity contribution in [1.29, 1.82) is 0 Å². The van der Waals surface area contributed by atoms with Gasteiger partial charge < -0.3 is 9.79 Å². The van der Waals surface area contributed by atoms with Gasteiger partial charge in [-0.1, -0.05) is 70.6 Å². The Morgan fingerprint density at radius 2 is 1.04 bits per heavy atom. The summed E-state index contributed by atoms with van der Waals surface area (Å²) in [6, 6.07) is 0. The molecule has 0 rings (SSSR count). The molecule has 0 fully saturated rings. The Morgan fingerprint density at radius 1 is 0.696 bits per heavy atom. The van der Waals surface area contributed by atoms with Crippen LogP contribution in [0.4, 0.5) is 0 Å². The second-order valence-electron chi connectivity index (χ2n) is 6.27. The summed E-state index contributed by atoms with van der Waals surface area (Å²) in [5.74, 6) is -0.299. The van der Waals surface area contributed by atoms with E-state index in [1.807, 2.05) is 0 Å². The first-order valence-corrected chi connectivity index (χ1v) is 10.7. The van der Waals surface area contributed by atoms with Gasteiger partial charge in [-0.15, -0.1) is 0 Å². The van der Waals surface area contributed by atoms with E-state index >= 15 is 0 Å². The Balaban J connectivity index is 3.08. The SMILES string of the molecule is O=C(CCCCCCCCCCCCCCCP(=O)(O)O)NO. The summed E-state index contributed by atoms with van der Waals surface area (Å²) in [5.41, 5.74) is 1.64. The Labute approximate surface area is 140 Å². The second kappa shape index (κ2) is 15.1. The molecule has 0 aromatic heterocycles. The van der Waals surface area contributed by atoms with Crippen LogP contribution < -0.4 is 5.48 Å². The van der Waals surface area contributed by atoms with Crippen LogP contribution >= 0.6 is 7.60 Å². The molecule has 0 aromatic carbocycles. The summed E-state index contributed by atoms with van der Waals surface area (Å²) in [6.07, 6.45) is 14.7. The molecule has 0 unspecified atom stereocenters. The fraction of sp³-hybridized carbons (Fsp3) is 0.938. The first kappa shape index (κ1) is 22.6. The monoisotopic (exact) mass is 351 g/mol. The molecule has 0 spiro atoms. The molecule has 23 heavy (non-hydrogen) atoms. The Morgan fingerprint density at radius 3 is 1.39 bits per heavy atom. The maximum absolute atomic E-state index is 10.8. The number of hydrogen-bond acceptors (Lipinski definition) is 3. The lowest BCUT2D eigenvalue weighted by molar-refractivity contribution is -0.129. The highest BCUT2D eigenvalue weighted by Crippen LogP contribution is 2.35. The third-order valence-corrected chi connectivity index (χ3v) is 4.88. The molecule has 4 N–H and O–H groups in total. The summed E-state index contributed by atoms with van der Waals surface area (Å²) in [6.45, 7) is 0. The average Bonchev–Trinajstić information content (AvgIpc) is 2.49. The van der Waals surface area contributed by atoms with Crippen molar-refractivity contribution < 1.29 is 24.4 Å². The quantitative estimate of drug-likeness (QED) is 0.145. The molecule has 138 valence electrons. The molecule has 0 radical (unpaired) electrons. The number of unbranched alkanes of at least 4 members (excludes halogenated alkanes) is 12. The highest BCUT2D eigenvalue weighted by atomic mass is 31.2. The lowest BCUT2D eigenvalue weighted by Crippen LogP contribution is -2.17. The van der Waals surface area contributed by atoms with E-state index in [0.29, 0.717) is 12.8 Å². The van der Waals surface area contributed by atoms with E-state index in [1.54, 1.807) is 5.48 Å². The highest BCUT2D eigenvalue weighted by Gasteiger charge is 2.10. The number of rotatable bonds is 16. The molecule has 0 atom stereocenters. The number of hydroxylamine groups is 1. The van der Waals surface area contributed by atoms with Gasteiger partial charge in [-0.2, -0.15) is 0 Å². The van der Waals surface area contributed by atoms with Crippen molar-refractivity contribution >= 4 is 13.5 Å². The first-order valence-electron chi connectivity index (χ1n) is 8.93. The number of carbonyl (C=O) groups is 1. The van der Waals surface area contributed by atoms with Gasteiger partial charge in [-0.25, -0.2) is 5.48 Å². The molecular weight excluding hydrogens is 317 g/mol. The molecule has 0 saturated heterocycles. The van der Waals surface area contributed by atoms with E-state index < -0.39 is 7.60 Å². The van der Waals surface area contributed by atoms with Crippen LogP contribution in [-0.2, 0) is 9.36 Å². The van der Waals surface area contributed by atoms with Crippen LogP contribution in [0.5, 0.6) is 0 Å². The van der Waals surface area contributed by atoms with Crippen LogP contribution in [0.25, 0.3) is 0 Å². The molecular formula is C16H34NO5P. The van der Waals surface area contributed by atoms with Gasteiger partial charge in [0.1, 0.15) is 0 Å². The van der Waals surface area contributed by atoms with E-state index in [9.17, 15) is 9.36 Å². The van der Waals surface area contributed by atoms with E-state index in [0.717, 1.165) is 38.5 Å². The minimum Gasteiger partial charge on any atom is -0.324 e. The van der Waals surface area contributed by atoms with Gasteiger partial charge in [0, 0.05) is 12.6 Å². The standard InChI is InChI=1S/C16H34NO5P/c18-16(17-19)14-12-10-8-6-4-2-1-3-5-7-9-11-13-15-23(20,21)22/h19H,1-15H2,(H,17,18)(H2,20,21,22). The Hall–Kier alpha value is -0.420. The van der Waals surface area contributed by atoms with Crippen molar-refractivity contribution in [3.8, 4) is 0 Å². The van der Waals surface area contributed by atoms with Crippen LogP contribution in [0.2, 0.25) is 0 Å². The second-order valence-corrected chi connectivity index (χ2v) is 8.05. The summed E-state index contributed by atoms with van der Waals surface area (Å²) in [4.78, 5) is 28.2. The van der Waals surface area contributed by atoms with E-state index in [2.05, 4.69) is 0 Å². The van der Waals surface area contributed by atoms with Gasteiger partial charge in [0.25, 0.3) is 0 Å². The van der Waals surface area contributed by atoms with Crippen LogP contribution in [0.15, 0.2) is 0 Å². The van der Waals surface area contributed by atoms with Crippen molar-refractivity contribution in [3.63, 3.8) is 0 Å². The molecule has 0 bridgehead atoms. The number of nitrogens with one attached hydrogen (secondary N) is 1.